The molecule has 0 aromatic heterocycles. The van der Waals surface area contributed by atoms with Crippen molar-refractivity contribution in [3.8, 4) is 5.75 Å². The molecule has 0 amide bonds. The van der Waals surface area contributed by atoms with Gasteiger partial charge in [-0.2, -0.15) is 0 Å². The van der Waals surface area contributed by atoms with Gasteiger partial charge in [-0.3, -0.25) is 9.00 Å². The number of carbonyl (C=O) groups excluding carboxylic acids is 1. The largest absolute Gasteiger partial charge is 0.497 e. The predicted octanol–water partition coefficient (Wildman–Crippen LogP) is 2.31. The molecule has 0 radical (unpaired) electrons. The van der Waals surface area contributed by atoms with Gasteiger partial charge in [0.05, 0.1) is 17.9 Å². The van der Waals surface area contributed by atoms with Crippen molar-refractivity contribution in [2.45, 2.75) is 35.8 Å². The number of methoxy groups -OCH3 is 1. The van der Waals surface area contributed by atoms with E-state index < -0.39 is 10.8 Å². The van der Waals surface area contributed by atoms with Crippen molar-refractivity contribution in [3.63, 3.8) is 0 Å². The van der Waals surface area contributed by atoms with Gasteiger partial charge in [-0.05, 0) is 37.1 Å². The summed E-state index contributed by atoms with van der Waals surface area (Å²) in [7, 11) is 0.526. The molecule has 1 fully saturated rings. The normalized spacial score (nSPS) is 22.2. The number of Topliss-reactive ketones (excluding diaryl/α,β-unsaturated/α-hetero) is 1. The molecule has 17 heavy (non-hydrogen) atoms. The Labute approximate surface area is 104 Å². The van der Waals surface area contributed by atoms with Gasteiger partial charge in [0.25, 0.3) is 0 Å². The zero-order chi connectivity index (χ0) is 12.3. The second-order valence-electron chi connectivity index (χ2n) is 4.23. The van der Waals surface area contributed by atoms with Crippen LogP contribution in [-0.2, 0) is 15.6 Å². The Morgan fingerprint density at radius 2 is 2.00 bits per heavy atom. The molecule has 92 valence electrons. The lowest BCUT2D eigenvalue weighted by molar-refractivity contribution is -0.120. The minimum Gasteiger partial charge on any atom is -0.497 e. The third-order valence-corrected chi connectivity index (χ3v) is 4.78. The Morgan fingerprint density at radius 1 is 1.29 bits per heavy atom. The number of ketones is 1. The Bertz CT molecular complexity index is 425. The predicted molar refractivity (Wildman–Crippen MR) is 66.7 cm³/mol. The van der Waals surface area contributed by atoms with Crippen LogP contribution in [-0.4, -0.2) is 22.4 Å². The van der Waals surface area contributed by atoms with Gasteiger partial charge in [0.1, 0.15) is 11.5 Å². The monoisotopic (exact) mass is 252 g/mol. The van der Waals surface area contributed by atoms with Crippen LogP contribution in [0.3, 0.4) is 0 Å². The van der Waals surface area contributed by atoms with Crippen LogP contribution in [0.25, 0.3) is 0 Å². The van der Waals surface area contributed by atoms with Crippen LogP contribution in [0.1, 0.15) is 25.7 Å². The molecular formula is C13H16O3S. The molecular weight excluding hydrogens is 236 g/mol. The summed E-state index contributed by atoms with van der Waals surface area (Å²) >= 11 is 0. The first-order valence-electron chi connectivity index (χ1n) is 5.77. The van der Waals surface area contributed by atoms with Crippen molar-refractivity contribution in [3.05, 3.63) is 24.3 Å². The van der Waals surface area contributed by atoms with Crippen LogP contribution in [0.4, 0.5) is 0 Å². The summed E-state index contributed by atoms with van der Waals surface area (Å²) in [5, 5.41) is -0.00959. The van der Waals surface area contributed by atoms with Crippen molar-refractivity contribution in [2.75, 3.05) is 7.11 Å². The molecule has 2 atom stereocenters. The summed E-state index contributed by atoms with van der Waals surface area (Å²) in [4.78, 5) is 12.1. The van der Waals surface area contributed by atoms with Gasteiger partial charge < -0.3 is 4.74 Å². The van der Waals surface area contributed by atoms with Crippen molar-refractivity contribution in [2.24, 2.45) is 0 Å². The third kappa shape index (κ3) is 2.94. The first-order valence-corrected chi connectivity index (χ1v) is 6.98. The average molecular weight is 252 g/mol. The third-order valence-electron chi connectivity index (χ3n) is 3.03. The number of carbonyl (C=O) groups is 1. The van der Waals surface area contributed by atoms with Crippen molar-refractivity contribution in [1.29, 1.82) is 0 Å². The standard InChI is InChI=1S/C13H16O3S/c1-16-11-5-7-12(8-6-11)17(15)13-4-2-3-10(14)9-13/h5-8,13H,2-4,9H2,1H3. The second kappa shape index (κ2) is 5.45. The van der Waals surface area contributed by atoms with E-state index in [9.17, 15) is 9.00 Å². The van der Waals surface area contributed by atoms with Crippen LogP contribution in [0.15, 0.2) is 29.2 Å². The maximum atomic E-state index is 12.3. The molecule has 0 heterocycles. The van der Waals surface area contributed by atoms with Gasteiger partial charge >= 0.3 is 0 Å². The van der Waals surface area contributed by atoms with Gasteiger partial charge in [-0.15, -0.1) is 0 Å². The minimum atomic E-state index is -1.08. The molecule has 2 rings (SSSR count). The highest BCUT2D eigenvalue weighted by Crippen LogP contribution is 2.25. The van der Waals surface area contributed by atoms with E-state index in [1.54, 1.807) is 19.2 Å². The first kappa shape index (κ1) is 12.3. The summed E-state index contributed by atoms with van der Waals surface area (Å²) in [5.41, 5.74) is 0. The zero-order valence-corrected chi connectivity index (χ0v) is 10.7. The van der Waals surface area contributed by atoms with Crippen LogP contribution in [0.5, 0.6) is 5.75 Å². The molecule has 4 heteroatoms. The number of benzene rings is 1. The molecule has 1 aliphatic carbocycles. The summed E-state index contributed by atoms with van der Waals surface area (Å²) in [6, 6.07) is 7.23. The molecule has 1 aromatic rings. The quantitative estimate of drug-likeness (QED) is 0.829. The van der Waals surface area contributed by atoms with Crippen LogP contribution in [0.2, 0.25) is 0 Å². The van der Waals surface area contributed by atoms with Gasteiger partial charge in [0, 0.05) is 23.0 Å². The topological polar surface area (TPSA) is 43.4 Å². The van der Waals surface area contributed by atoms with Gasteiger partial charge in [-0.1, -0.05) is 0 Å². The molecule has 1 aliphatic rings. The lowest BCUT2D eigenvalue weighted by Crippen LogP contribution is -2.24. The molecule has 1 aromatic carbocycles. The first-order chi connectivity index (χ1) is 8.20. The molecule has 0 bridgehead atoms. The average Bonchev–Trinajstić information content (AvgIpc) is 2.38. The number of hydrogen-bond donors (Lipinski definition) is 0. The SMILES string of the molecule is COc1ccc(S(=O)C2CCCC(=O)C2)cc1. The van der Waals surface area contributed by atoms with Crippen LogP contribution < -0.4 is 4.74 Å². The van der Waals surface area contributed by atoms with Crippen LogP contribution >= 0.6 is 0 Å². The van der Waals surface area contributed by atoms with E-state index in [2.05, 4.69) is 0 Å². The molecule has 1 saturated carbocycles. The molecule has 0 saturated heterocycles. The van der Waals surface area contributed by atoms with Crippen molar-refractivity contribution >= 4 is 16.6 Å². The van der Waals surface area contributed by atoms with E-state index in [1.807, 2.05) is 12.1 Å². The summed E-state index contributed by atoms with van der Waals surface area (Å²) in [5.74, 6) is 0.994. The number of hydrogen-bond acceptors (Lipinski definition) is 3. The van der Waals surface area contributed by atoms with E-state index in [0.717, 1.165) is 23.5 Å². The van der Waals surface area contributed by atoms with E-state index in [1.165, 1.54) is 0 Å². The summed E-state index contributed by atoms with van der Waals surface area (Å²) in [6.07, 6.45) is 2.85. The Kier molecular flexibility index (Phi) is 3.94. The number of ether oxygens (including phenoxy) is 1. The smallest absolute Gasteiger partial charge is 0.134 e. The summed E-state index contributed by atoms with van der Waals surface area (Å²) < 4.78 is 17.3. The van der Waals surface area contributed by atoms with Crippen molar-refractivity contribution in [1.82, 2.24) is 0 Å². The highest BCUT2D eigenvalue weighted by molar-refractivity contribution is 7.85. The highest BCUT2D eigenvalue weighted by Gasteiger charge is 2.25. The molecule has 0 spiro atoms. The molecule has 0 aliphatic heterocycles. The van der Waals surface area contributed by atoms with Gasteiger partial charge in [0.2, 0.25) is 0 Å². The molecule has 2 unspecified atom stereocenters. The van der Waals surface area contributed by atoms with E-state index in [0.29, 0.717) is 12.8 Å². The fraction of sp³-hybridized carbons (Fsp3) is 0.462. The van der Waals surface area contributed by atoms with Crippen LogP contribution in [0, 0.1) is 0 Å². The lowest BCUT2D eigenvalue weighted by Gasteiger charge is -2.20. The van der Waals surface area contributed by atoms with Crippen molar-refractivity contribution < 1.29 is 13.7 Å². The second-order valence-corrected chi connectivity index (χ2v) is 5.96. The lowest BCUT2D eigenvalue weighted by atomic mass is 9.99. The summed E-state index contributed by atoms with van der Waals surface area (Å²) in [6.45, 7) is 0. The Balaban J connectivity index is 2.10. The molecule has 3 nitrogen and oxygen atoms in total. The Hall–Kier alpha value is -1.16. The fourth-order valence-corrected chi connectivity index (χ4v) is 3.58. The zero-order valence-electron chi connectivity index (χ0n) is 9.85. The minimum absolute atomic E-state index is 0.00959. The van der Waals surface area contributed by atoms with Gasteiger partial charge in [-0.25, -0.2) is 0 Å². The maximum Gasteiger partial charge on any atom is 0.134 e. The molecule has 0 N–H and O–H groups in total. The van der Waals surface area contributed by atoms with E-state index in [4.69, 9.17) is 4.74 Å². The highest BCUT2D eigenvalue weighted by atomic mass is 32.2. The maximum absolute atomic E-state index is 12.3. The number of rotatable bonds is 3. The van der Waals surface area contributed by atoms with E-state index >= 15 is 0 Å². The Morgan fingerprint density at radius 3 is 2.59 bits per heavy atom. The fourth-order valence-electron chi connectivity index (χ4n) is 2.07. The van der Waals surface area contributed by atoms with Gasteiger partial charge in [0.15, 0.2) is 0 Å². The van der Waals surface area contributed by atoms with E-state index in [-0.39, 0.29) is 11.0 Å².